The second-order valence-electron chi connectivity index (χ2n) is 4.69. The summed E-state index contributed by atoms with van der Waals surface area (Å²) in [6.45, 7) is 0. The van der Waals surface area contributed by atoms with Crippen molar-refractivity contribution in [1.29, 1.82) is 0 Å². The summed E-state index contributed by atoms with van der Waals surface area (Å²) in [7, 11) is 1.94. The number of hydrogen-bond acceptors (Lipinski definition) is 5. The Morgan fingerprint density at radius 3 is 3.10 bits per heavy atom. The Hall–Kier alpha value is -2.05. The standard InChI is InChI=1S/C15H17N5S/c1-17-21-6-5-10-3-2-4-11(7-10)12-8-18-15-13(12)14(16)19-9-20-15/h2-4,7-9,17H,5-6H2,1H3,(H3,16,18,19,20). The van der Waals surface area contributed by atoms with Gasteiger partial charge in [0.05, 0.1) is 5.39 Å². The number of nitrogens with one attached hydrogen (secondary N) is 2. The fraction of sp³-hybridized carbons (Fsp3) is 0.200. The van der Waals surface area contributed by atoms with E-state index in [-0.39, 0.29) is 0 Å². The van der Waals surface area contributed by atoms with Crippen LogP contribution in [-0.4, -0.2) is 27.8 Å². The molecule has 6 heteroatoms. The molecule has 0 aliphatic heterocycles. The highest BCUT2D eigenvalue weighted by molar-refractivity contribution is 7.97. The normalized spacial score (nSPS) is 11.1. The Bertz CT molecular complexity index is 753. The number of H-pyrrole nitrogens is 1. The first-order valence-electron chi connectivity index (χ1n) is 6.75. The molecule has 4 N–H and O–H groups in total. The molecule has 108 valence electrons. The zero-order valence-corrected chi connectivity index (χ0v) is 12.6. The van der Waals surface area contributed by atoms with E-state index in [0.29, 0.717) is 5.82 Å². The first-order valence-corrected chi connectivity index (χ1v) is 7.73. The maximum atomic E-state index is 5.99. The van der Waals surface area contributed by atoms with Gasteiger partial charge in [-0.2, -0.15) is 0 Å². The molecule has 21 heavy (non-hydrogen) atoms. The summed E-state index contributed by atoms with van der Waals surface area (Å²) < 4.78 is 3.09. The minimum Gasteiger partial charge on any atom is -0.383 e. The van der Waals surface area contributed by atoms with Crippen molar-refractivity contribution in [3.63, 3.8) is 0 Å². The molecule has 0 aliphatic rings. The van der Waals surface area contributed by atoms with Crippen LogP contribution in [0.4, 0.5) is 5.82 Å². The smallest absolute Gasteiger partial charge is 0.143 e. The van der Waals surface area contributed by atoms with E-state index < -0.39 is 0 Å². The molecule has 2 aromatic heterocycles. The number of rotatable bonds is 5. The summed E-state index contributed by atoms with van der Waals surface area (Å²) in [5.41, 5.74) is 10.3. The van der Waals surface area contributed by atoms with Crippen molar-refractivity contribution < 1.29 is 0 Å². The molecule has 0 amide bonds. The number of aromatic nitrogens is 3. The van der Waals surface area contributed by atoms with Crippen LogP contribution < -0.4 is 10.5 Å². The number of hydrogen-bond donors (Lipinski definition) is 3. The van der Waals surface area contributed by atoms with Gasteiger partial charge in [0.2, 0.25) is 0 Å². The van der Waals surface area contributed by atoms with E-state index in [1.165, 1.54) is 11.9 Å². The molecule has 3 aromatic rings. The van der Waals surface area contributed by atoms with Gasteiger partial charge in [0.25, 0.3) is 0 Å². The van der Waals surface area contributed by atoms with Crippen LogP contribution in [0.3, 0.4) is 0 Å². The molecule has 0 saturated carbocycles. The summed E-state index contributed by atoms with van der Waals surface area (Å²) >= 11 is 1.72. The third-order valence-corrected chi connectivity index (χ3v) is 4.07. The molecule has 3 rings (SSSR count). The highest BCUT2D eigenvalue weighted by Crippen LogP contribution is 2.31. The SMILES string of the molecule is CNSCCc1cccc(-c2c[nH]c3ncnc(N)c23)c1. The Kier molecular flexibility index (Phi) is 4.08. The van der Waals surface area contributed by atoms with Gasteiger partial charge in [0, 0.05) is 17.5 Å². The minimum atomic E-state index is 0.507. The molecule has 2 heterocycles. The van der Waals surface area contributed by atoms with Crippen LogP contribution in [0, 0.1) is 0 Å². The van der Waals surface area contributed by atoms with Gasteiger partial charge < -0.3 is 10.7 Å². The lowest BCUT2D eigenvalue weighted by Crippen LogP contribution is -1.97. The lowest BCUT2D eigenvalue weighted by Gasteiger charge is -2.05. The zero-order chi connectivity index (χ0) is 14.7. The largest absolute Gasteiger partial charge is 0.383 e. The van der Waals surface area contributed by atoms with E-state index in [0.717, 1.165) is 34.3 Å². The molecule has 0 atom stereocenters. The fourth-order valence-electron chi connectivity index (χ4n) is 2.38. The van der Waals surface area contributed by atoms with Crippen LogP contribution in [0.15, 0.2) is 36.8 Å². The number of aryl methyl sites for hydroxylation is 1. The first kappa shape index (κ1) is 13.9. The molecule has 0 fully saturated rings. The van der Waals surface area contributed by atoms with Crippen molar-refractivity contribution in [3.8, 4) is 11.1 Å². The number of anilines is 1. The highest BCUT2D eigenvalue weighted by atomic mass is 32.2. The van der Waals surface area contributed by atoms with Gasteiger partial charge in [-0.15, -0.1) is 0 Å². The van der Waals surface area contributed by atoms with E-state index in [4.69, 9.17) is 5.73 Å². The number of benzene rings is 1. The third-order valence-electron chi connectivity index (χ3n) is 3.37. The van der Waals surface area contributed by atoms with Crippen molar-refractivity contribution >= 4 is 28.8 Å². The molecule has 0 radical (unpaired) electrons. The number of fused-ring (bicyclic) bond motifs is 1. The van der Waals surface area contributed by atoms with Crippen molar-refractivity contribution in [3.05, 3.63) is 42.4 Å². The molecule has 0 unspecified atom stereocenters. The van der Waals surface area contributed by atoms with Gasteiger partial charge in [-0.3, -0.25) is 4.72 Å². The van der Waals surface area contributed by atoms with E-state index in [1.807, 2.05) is 13.2 Å². The van der Waals surface area contributed by atoms with Crippen molar-refractivity contribution in [2.75, 3.05) is 18.5 Å². The van der Waals surface area contributed by atoms with E-state index >= 15 is 0 Å². The van der Waals surface area contributed by atoms with Crippen molar-refractivity contribution in [1.82, 2.24) is 19.7 Å². The maximum Gasteiger partial charge on any atom is 0.143 e. The highest BCUT2D eigenvalue weighted by Gasteiger charge is 2.11. The van der Waals surface area contributed by atoms with Gasteiger partial charge >= 0.3 is 0 Å². The number of nitrogens with zero attached hydrogens (tertiary/aromatic N) is 2. The van der Waals surface area contributed by atoms with Crippen molar-refractivity contribution in [2.45, 2.75) is 6.42 Å². The zero-order valence-electron chi connectivity index (χ0n) is 11.8. The van der Waals surface area contributed by atoms with Crippen LogP contribution in [0.1, 0.15) is 5.56 Å². The molecular weight excluding hydrogens is 282 g/mol. The van der Waals surface area contributed by atoms with E-state index in [9.17, 15) is 0 Å². The molecular formula is C15H17N5S. The van der Waals surface area contributed by atoms with Crippen LogP contribution in [-0.2, 0) is 6.42 Å². The Balaban J connectivity index is 1.97. The van der Waals surface area contributed by atoms with E-state index in [1.54, 1.807) is 11.9 Å². The fourth-order valence-corrected chi connectivity index (χ4v) is 2.92. The van der Waals surface area contributed by atoms with Gasteiger partial charge in [-0.05, 0) is 24.6 Å². The van der Waals surface area contributed by atoms with Gasteiger partial charge in [-0.1, -0.05) is 36.2 Å². The molecule has 0 aliphatic carbocycles. The van der Waals surface area contributed by atoms with Crippen LogP contribution in [0.5, 0.6) is 0 Å². The lowest BCUT2D eigenvalue weighted by molar-refractivity contribution is 1.14. The second kappa shape index (κ2) is 6.15. The Labute approximate surface area is 127 Å². The monoisotopic (exact) mass is 299 g/mol. The lowest BCUT2D eigenvalue weighted by atomic mass is 10.0. The van der Waals surface area contributed by atoms with E-state index in [2.05, 4.69) is 43.9 Å². The number of aromatic amines is 1. The summed E-state index contributed by atoms with van der Waals surface area (Å²) in [4.78, 5) is 11.5. The van der Waals surface area contributed by atoms with Gasteiger partial charge in [-0.25, -0.2) is 9.97 Å². The van der Waals surface area contributed by atoms with Crippen molar-refractivity contribution in [2.24, 2.45) is 0 Å². The van der Waals surface area contributed by atoms with Crippen LogP contribution in [0.2, 0.25) is 0 Å². The van der Waals surface area contributed by atoms with Crippen LogP contribution in [0.25, 0.3) is 22.2 Å². The average molecular weight is 299 g/mol. The summed E-state index contributed by atoms with van der Waals surface area (Å²) in [5, 5.41) is 0.888. The summed E-state index contributed by atoms with van der Waals surface area (Å²) in [5.74, 6) is 1.55. The maximum absolute atomic E-state index is 5.99. The van der Waals surface area contributed by atoms with Crippen LogP contribution >= 0.6 is 11.9 Å². The molecule has 0 spiro atoms. The predicted molar refractivity (Wildman–Crippen MR) is 89.0 cm³/mol. The predicted octanol–water partition coefficient (Wildman–Crippen LogP) is 2.62. The average Bonchev–Trinajstić information content (AvgIpc) is 2.93. The third kappa shape index (κ3) is 2.86. The number of nitrogen functional groups attached to an aromatic ring is 1. The first-order chi connectivity index (χ1) is 10.3. The molecule has 1 aromatic carbocycles. The summed E-state index contributed by atoms with van der Waals surface area (Å²) in [6, 6.07) is 8.51. The van der Waals surface area contributed by atoms with Gasteiger partial charge in [0.1, 0.15) is 17.8 Å². The number of nitrogens with two attached hydrogens (primary N) is 1. The molecule has 0 bridgehead atoms. The molecule has 5 nitrogen and oxygen atoms in total. The van der Waals surface area contributed by atoms with Gasteiger partial charge in [0.15, 0.2) is 0 Å². The summed E-state index contributed by atoms with van der Waals surface area (Å²) in [6.07, 6.45) is 4.44. The Morgan fingerprint density at radius 1 is 1.33 bits per heavy atom. The second-order valence-corrected chi connectivity index (χ2v) is 5.79. The quantitative estimate of drug-likeness (QED) is 0.498. The molecule has 0 saturated heterocycles. The minimum absolute atomic E-state index is 0.507. The Morgan fingerprint density at radius 2 is 2.24 bits per heavy atom. The topological polar surface area (TPSA) is 79.6 Å².